The van der Waals surface area contributed by atoms with Crippen molar-refractivity contribution in [2.24, 2.45) is 0 Å². The van der Waals surface area contributed by atoms with Crippen LogP contribution < -0.4 is 4.90 Å². The van der Waals surface area contributed by atoms with E-state index in [0.717, 1.165) is 11.4 Å². The summed E-state index contributed by atoms with van der Waals surface area (Å²) in [4.78, 5) is 6.15. The average Bonchev–Trinajstić information content (AvgIpc) is 2.05. The summed E-state index contributed by atoms with van der Waals surface area (Å²) in [5.41, 5.74) is 1.05. The van der Waals surface area contributed by atoms with Crippen LogP contribution >= 0.6 is 24.0 Å². The molecule has 0 aliphatic carbocycles. The molecule has 1 rings (SSSR count). The molecular weight excluding hydrogens is 195 g/mol. The molecule has 0 amide bonds. The Bertz CT molecular complexity index is 221. The van der Waals surface area contributed by atoms with Crippen molar-refractivity contribution in [3.8, 4) is 0 Å². The predicted octanol–water partition coefficient (Wildman–Crippen LogP) is 2.31. The van der Waals surface area contributed by atoms with E-state index in [1.807, 2.05) is 31.1 Å². The monoisotopic (exact) mass is 206 g/mol. The molecule has 0 bridgehead atoms. The minimum absolute atomic E-state index is 0. The van der Waals surface area contributed by atoms with E-state index in [0.29, 0.717) is 5.88 Å². The lowest BCUT2D eigenvalue weighted by atomic mass is 10.3. The summed E-state index contributed by atoms with van der Waals surface area (Å²) in [7, 11) is 3.92. The van der Waals surface area contributed by atoms with Crippen molar-refractivity contribution in [2.75, 3.05) is 19.0 Å². The summed E-state index contributed by atoms with van der Waals surface area (Å²) < 4.78 is 0. The van der Waals surface area contributed by atoms with Gasteiger partial charge in [0.25, 0.3) is 0 Å². The zero-order valence-corrected chi connectivity index (χ0v) is 8.69. The number of hydrogen-bond acceptors (Lipinski definition) is 2. The number of pyridine rings is 1. The first kappa shape index (κ1) is 11.5. The Morgan fingerprint density at radius 1 is 1.42 bits per heavy atom. The highest BCUT2D eigenvalue weighted by atomic mass is 35.5. The highest BCUT2D eigenvalue weighted by Gasteiger charge is 1.95. The van der Waals surface area contributed by atoms with Crippen molar-refractivity contribution < 1.29 is 0 Å². The predicted molar refractivity (Wildman–Crippen MR) is 55.4 cm³/mol. The minimum Gasteiger partial charge on any atom is -0.363 e. The molecule has 0 aliphatic rings. The van der Waals surface area contributed by atoms with Gasteiger partial charge in [-0.3, -0.25) is 0 Å². The summed E-state index contributed by atoms with van der Waals surface area (Å²) in [6, 6.07) is 3.94. The second-order valence-electron chi connectivity index (χ2n) is 2.55. The molecule has 1 aromatic rings. The topological polar surface area (TPSA) is 16.1 Å². The van der Waals surface area contributed by atoms with E-state index >= 15 is 0 Å². The van der Waals surface area contributed by atoms with Crippen molar-refractivity contribution in [2.45, 2.75) is 5.88 Å². The molecule has 0 spiro atoms. The maximum Gasteiger partial charge on any atom is 0.127 e. The largest absolute Gasteiger partial charge is 0.363 e. The Morgan fingerprint density at radius 2 is 2.08 bits per heavy atom. The van der Waals surface area contributed by atoms with Crippen molar-refractivity contribution in [1.29, 1.82) is 0 Å². The van der Waals surface area contributed by atoms with E-state index in [1.165, 1.54) is 0 Å². The lowest BCUT2D eigenvalue weighted by Gasteiger charge is -2.10. The fourth-order valence-corrected chi connectivity index (χ4v) is 0.918. The number of halogens is 2. The number of anilines is 1. The number of alkyl halides is 1. The molecule has 0 aromatic carbocycles. The highest BCUT2D eigenvalue weighted by molar-refractivity contribution is 6.17. The molecular formula is C8H12Cl2N2. The summed E-state index contributed by atoms with van der Waals surface area (Å²) in [5, 5.41) is 0. The Hall–Kier alpha value is -0.470. The number of hydrogen-bond donors (Lipinski definition) is 0. The molecule has 0 atom stereocenters. The molecule has 1 heterocycles. The van der Waals surface area contributed by atoms with Gasteiger partial charge in [0, 0.05) is 26.2 Å². The fourth-order valence-electron chi connectivity index (χ4n) is 0.760. The second kappa shape index (κ2) is 5.22. The van der Waals surface area contributed by atoms with Crippen LogP contribution in [0.1, 0.15) is 5.56 Å². The van der Waals surface area contributed by atoms with Crippen LogP contribution in [-0.2, 0) is 5.88 Å². The summed E-state index contributed by atoms with van der Waals surface area (Å²) >= 11 is 5.61. The summed E-state index contributed by atoms with van der Waals surface area (Å²) in [6.45, 7) is 0. The van der Waals surface area contributed by atoms with Gasteiger partial charge in [0.15, 0.2) is 0 Å². The van der Waals surface area contributed by atoms with Gasteiger partial charge in [0.05, 0.1) is 0 Å². The SMILES string of the molecule is CN(C)c1ccc(CCl)cn1.Cl. The van der Waals surface area contributed by atoms with Crippen LogP contribution in [0.25, 0.3) is 0 Å². The average molecular weight is 207 g/mol. The van der Waals surface area contributed by atoms with E-state index in [9.17, 15) is 0 Å². The van der Waals surface area contributed by atoms with Gasteiger partial charge in [0.1, 0.15) is 5.82 Å². The zero-order valence-electron chi connectivity index (χ0n) is 7.12. The molecule has 0 saturated carbocycles. The molecule has 1 aromatic heterocycles. The Morgan fingerprint density at radius 3 is 2.42 bits per heavy atom. The summed E-state index contributed by atoms with van der Waals surface area (Å²) in [6.07, 6.45) is 1.79. The van der Waals surface area contributed by atoms with Gasteiger partial charge in [-0.15, -0.1) is 24.0 Å². The molecule has 0 fully saturated rings. The van der Waals surface area contributed by atoms with E-state index in [2.05, 4.69) is 4.98 Å². The van der Waals surface area contributed by atoms with Gasteiger partial charge in [-0.2, -0.15) is 0 Å². The van der Waals surface area contributed by atoms with Gasteiger partial charge >= 0.3 is 0 Å². The van der Waals surface area contributed by atoms with Crippen LogP contribution in [0, 0.1) is 0 Å². The van der Waals surface area contributed by atoms with Crippen LogP contribution in [-0.4, -0.2) is 19.1 Å². The maximum atomic E-state index is 5.61. The van der Waals surface area contributed by atoms with Gasteiger partial charge in [0.2, 0.25) is 0 Å². The molecule has 0 N–H and O–H groups in total. The van der Waals surface area contributed by atoms with Crippen LogP contribution in [0.3, 0.4) is 0 Å². The van der Waals surface area contributed by atoms with Gasteiger partial charge in [-0.1, -0.05) is 6.07 Å². The Balaban J connectivity index is 0.00000121. The van der Waals surface area contributed by atoms with Crippen molar-refractivity contribution in [1.82, 2.24) is 4.98 Å². The minimum atomic E-state index is 0. The molecule has 2 nitrogen and oxygen atoms in total. The van der Waals surface area contributed by atoms with Crippen LogP contribution in [0.15, 0.2) is 18.3 Å². The van der Waals surface area contributed by atoms with Gasteiger partial charge in [-0.25, -0.2) is 4.98 Å². The van der Waals surface area contributed by atoms with Gasteiger partial charge < -0.3 is 4.90 Å². The van der Waals surface area contributed by atoms with Crippen LogP contribution in [0.4, 0.5) is 5.82 Å². The third kappa shape index (κ3) is 2.88. The fraction of sp³-hybridized carbons (Fsp3) is 0.375. The molecule has 0 aliphatic heterocycles. The Kier molecular flexibility index (Phi) is 5.02. The van der Waals surface area contributed by atoms with E-state index < -0.39 is 0 Å². The van der Waals surface area contributed by atoms with E-state index in [-0.39, 0.29) is 12.4 Å². The number of aromatic nitrogens is 1. The Labute approximate surface area is 84.0 Å². The van der Waals surface area contributed by atoms with Crippen LogP contribution in [0.2, 0.25) is 0 Å². The standard InChI is InChI=1S/C8H11ClN2.ClH/c1-11(2)8-4-3-7(5-9)6-10-8;/h3-4,6H,5H2,1-2H3;1H. The molecule has 0 saturated heterocycles. The normalized spacial score (nSPS) is 8.92. The highest BCUT2D eigenvalue weighted by Crippen LogP contribution is 2.08. The summed E-state index contributed by atoms with van der Waals surface area (Å²) in [5.74, 6) is 1.49. The van der Waals surface area contributed by atoms with E-state index in [4.69, 9.17) is 11.6 Å². The maximum absolute atomic E-state index is 5.61. The quantitative estimate of drug-likeness (QED) is 0.691. The molecule has 12 heavy (non-hydrogen) atoms. The van der Waals surface area contributed by atoms with E-state index in [1.54, 1.807) is 6.20 Å². The number of nitrogens with zero attached hydrogens (tertiary/aromatic N) is 2. The molecule has 0 radical (unpaired) electrons. The smallest absolute Gasteiger partial charge is 0.127 e. The molecule has 4 heteroatoms. The third-order valence-electron chi connectivity index (χ3n) is 1.42. The van der Waals surface area contributed by atoms with Gasteiger partial charge in [-0.05, 0) is 11.6 Å². The third-order valence-corrected chi connectivity index (χ3v) is 1.73. The van der Waals surface area contributed by atoms with Crippen molar-refractivity contribution >= 4 is 29.8 Å². The van der Waals surface area contributed by atoms with Crippen LogP contribution in [0.5, 0.6) is 0 Å². The lowest BCUT2D eigenvalue weighted by molar-refractivity contribution is 1.06. The second-order valence-corrected chi connectivity index (χ2v) is 2.82. The lowest BCUT2D eigenvalue weighted by Crippen LogP contribution is -2.10. The molecule has 68 valence electrons. The first-order valence-electron chi connectivity index (χ1n) is 3.42. The zero-order chi connectivity index (χ0) is 8.27. The first-order valence-corrected chi connectivity index (χ1v) is 3.95. The number of rotatable bonds is 2. The molecule has 0 unspecified atom stereocenters. The first-order chi connectivity index (χ1) is 5.24. The van der Waals surface area contributed by atoms with Crippen molar-refractivity contribution in [3.63, 3.8) is 0 Å². The van der Waals surface area contributed by atoms with Crippen molar-refractivity contribution in [3.05, 3.63) is 23.9 Å².